The van der Waals surface area contributed by atoms with Gasteiger partial charge in [-0.1, -0.05) is 0 Å². The Labute approximate surface area is 77.8 Å². The van der Waals surface area contributed by atoms with Gasteiger partial charge < -0.3 is 17.0 Å². The van der Waals surface area contributed by atoms with Crippen molar-refractivity contribution in [3.8, 4) is 12.3 Å². The lowest BCUT2D eigenvalue weighted by atomic mass is 10.3. The van der Waals surface area contributed by atoms with Crippen LogP contribution in [0.15, 0.2) is 24.5 Å². The Hall–Kier alpha value is -0.810. The fourth-order valence-corrected chi connectivity index (χ4v) is 0.743. The van der Waals surface area contributed by atoms with Crippen LogP contribution >= 0.6 is 0 Å². The van der Waals surface area contributed by atoms with Crippen LogP contribution in [-0.4, -0.2) is 0 Å². The third kappa shape index (κ3) is 3.20. The van der Waals surface area contributed by atoms with Gasteiger partial charge in [0.15, 0.2) is 12.4 Å². The second-order valence-corrected chi connectivity index (χ2v) is 2.25. The van der Waals surface area contributed by atoms with Crippen molar-refractivity contribution in [2.45, 2.75) is 13.5 Å². The van der Waals surface area contributed by atoms with Crippen LogP contribution in [0.2, 0.25) is 0 Å². The Kier molecular flexibility index (Phi) is 4.56. The molecule has 1 aromatic rings. The van der Waals surface area contributed by atoms with Crippen molar-refractivity contribution >= 4 is 0 Å². The van der Waals surface area contributed by atoms with Crippen LogP contribution in [-0.2, 0) is 6.54 Å². The summed E-state index contributed by atoms with van der Waals surface area (Å²) >= 11 is 0. The van der Waals surface area contributed by atoms with E-state index in [1.165, 1.54) is 5.56 Å². The fourth-order valence-electron chi connectivity index (χ4n) is 0.743. The molecule has 0 saturated heterocycles. The standard InChI is InChI=1S/C9H10N.BrH/c1-3-6-10-7-4-9(2)5-8-10;/h1,4-5,7-8H,6H2,2H3;1H/q+1;/p-1. The third-order valence-electron chi connectivity index (χ3n) is 1.33. The maximum absolute atomic E-state index is 5.13. The van der Waals surface area contributed by atoms with Gasteiger partial charge in [0.25, 0.3) is 0 Å². The van der Waals surface area contributed by atoms with E-state index in [2.05, 4.69) is 12.8 Å². The highest BCUT2D eigenvalue weighted by Crippen LogP contribution is 1.88. The van der Waals surface area contributed by atoms with Crippen molar-refractivity contribution in [2.75, 3.05) is 0 Å². The Bertz CT molecular complexity index is 245. The van der Waals surface area contributed by atoms with Crippen LogP contribution in [0, 0.1) is 19.3 Å². The van der Waals surface area contributed by atoms with Gasteiger partial charge in [-0.3, -0.25) is 0 Å². The molecule has 0 radical (unpaired) electrons. The van der Waals surface area contributed by atoms with E-state index in [9.17, 15) is 0 Å². The van der Waals surface area contributed by atoms with E-state index in [0.717, 1.165) is 0 Å². The first-order valence-corrected chi connectivity index (χ1v) is 3.22. The summed E-state index contributed by atoms with van der Waals surface area (Å²) in [6, 6.07) is 4.08. The van der Waals surface area contributed by atoms with Gasteiger partial charge >= 0.3 is 0 Å². The quantitative estimate of drug-likeness (QED) is 0.371. The van der Waals surface area contributed by atoms with Gasteiger partial charge in [-0.2, -0.15) is 4.57 Å². The summed E-state index contributed by atoms with van der Waals surface area (Å²) < 4.78 is 1.97. The van der Waals surface area contributed by atoms with Crippen molar-refractivity contribution in [1.29, 1.82) is 0 Å². The molecule has 0 aliphatic carbocycles. The average molecular weight is 212 g/mol. The highest BCUT2D eigenvalue weighted by atomic mass is 79.9. The number of nitrogens with zero attached hydrogens (tertiary/aromatic N) is 1. The van der Waals surface area contributed by atoms with Crippen LogP contribution < -0.4 is 21.5 Å². The monoisotopic (exact) mass is 211 g/mol. The summed E-state index contributed by atoms with van der Waals surface area (Å²) in [5, 5.41) is 0. The number of aromatic nitrogens is 1. The summed E-state index contributed by atoms with van der Waals surface area (Å²) in [6.45, 7) is 2.71. The molecule has 1 aromatic heterocycles. The van der Waals surface area contributed by atoms with E-state index >= 15 is 0 Å². The van der Waals surface area contributed by atoms with Gasteiger partial charge in [-0.05, 0) is 18.4 Å². The minimum absolute atomic E-state index is 0. The zero-order valence-corrected chi connectivity index (χ0v) is 8.01. The average Bonchev–Trinajstić information content (AvgIpc) is 1.95. The molecule has 58 valence electrons. The van der Waals surface area contributed by atoms with E-state index in [1.807, 2.05) is 29.1 Å². The Morgan fingerprint density at radius 1 is 1.45 bits per heavy atom. The molecule has 0 aliphatic rings. The van der Waals surface area contributed by atoms with Crippen molar-refractivity contribution in [3.05, 3.63) is 30.1 Å². The van der Waals surface area contributed by atoms with E-state index in [1.54, 1.807) is 0 Å². The molecular formula is C9H10BrN. The number of hydrogen-bond donors (Lipinski definition) is 0. The summed E-state index contributed by atoms with van der Waals surface area (Å²) in [5.41, 5.74) is 1.26. The second kappa shape index (κ2) is 4.92. The molecule has 0 aromatic carbocycles. The number of halogens is 1. The molecule has 0 bridgehead atoms. The molecule has 0 fully saturated rings. The number of pyridine rings is 1. The van der Waals surface area contributed by atoms with E-state index in [4.69, 9.17) is 6.42 Å². The second-order valence-electron chi connectivity index (χ2n) is 2.25. The van der Waals surface area contributed by atoms with Crippen LogP contribution in [0.1, 0.15) is 5.56 Å². The van der Waals surface area contributed by atoms with Crippen molar-refractivity contribution in [1.82, 2.24) is 0 Å². The molecule has 0 unspecified atom stereocenters. The maximum atomic E-state index is 5.13. The largest absolute Gasteiger partial charge is 1.00 e. The van der Waals surface area contributed by atoms with Crippen LogP contribution in [0.5, 0.6) is 0 Å². The minimum atomic E-state index is 0. The van der Waals surface area contributed by atoms with Crippen LogP contribution in [0.25, 0.3) is 0 Å². The van der Waals surface area contributed by atoms with E-state index < -0.39 is 0 Å². The SMILES string of the molecule is C#CC[n+]1ccc(C)cc1.[Br-]. The summed E-state index contributed by atoms with van der Waals surface area (Å²) in [6.07, 6.45) is 9.09. The maximum Gasteiger partial charge on any atom is 0.208 e. The van der Waals surface area contributed by atoms with Gasteiger partial charge in [-0.15, -0.1) is 6.42 Å². The van der Waals surface area contributed by atoms with Crippen molar-refractivity contribution in [2.24, 2.45) is 0 Å². The molecule has 0 spiro atoms. The lowest BCUT2D eigenvalue weighted by Gasteiger charge is -1.89. The first kappa shape index (κ1) is 10.2. The Morgan fingerprint density at radius 2 is 2.00 bits per heavy atom. The summed E-state index contributed by atoms with van der Waals surface area (Å²) in [7, 11) is 0. The van der Waals surface area contributed by atoms with Crippen molar-refractivity contribution in [3.63, 3.8) is 0 Å². The minimum Gasteiger partial charge on any atom is -1.00 e. The van der Waals surface area contributed by atoms with Gasteiger partial charge in [0.2, 0.25) is 6.54 Å². The number of terminal acetylenes is 1. The lowest BCUT2D eigenvalue weighted by Crippen LogP contribution is -3.00. The van der Waals surface area contributed by atoms with Gasteiger partial charge in [0.05, 0.1) is 0 Å². The molecule has 0 amide bonds. The van der Waals surface area contributed by atoms with Crippen molar-refractivity contribution < 1.29 is 21.5 Å². The van der Waals surface area contributed by atoms with Gasteiger partial charge in [0.1, 0.15) is 0 Å². The summed E-state index contributed by atoms with van der Waals surface area (Å²) in [5.74, 6) is 2.57. The lowest BCUT2D eigenvalue weighted by molar-refractivity contribution is -0.684. The molecule has 0 saturated carbocycles. The molecule has 0 N–H and O–H groups in total. The first-order valence-electron chi connectivity index (χ1n) is 3.22. The van der Waals surface area contributed by atoms with Crippen LogP contribution in [0.4, 0.5) is 0 Å². The smallest absolute Gasteiger partial charge is 0.208 e. The molecule has 0 aliphatic heterocycles. The molecule has 11 heavy (non-hydrogen) atoms. The highest BCUT2D eigenvalue weighted by molar-refractivity contribution is 5.03. The molecule has 1 heterocycles. The Morgan fingerprint density at radius 3 is 2.45 bits per heavy atom. The third-order valence-corrected chi connectivity index (χ3v) is 1.33. The fraction of sp³-hybridized carbons (Fsp3) is 0.222. The number of aryl methyl sites for hydroxylation is 1. The van der Waals surface area contributed by atoms with E-state index in [0.29, 0.717) is 6.54 Å². The molecule has 1 nitrogen and oxygen atoms in total. The molecule has 2 heteroatoms. The zero-order valence-electron chi connectivity index (χ0n) is 6.42. The molecule has 1 rings (SSSR count). The predicted octanol–water partition coefficient (Wildman–Crippen LogP) is -2.08. The summed E-state index contributed by atoms with van der Waals surface area (Å²) in [4.78, 5) is 0. The Balaban J connectivity index is 0.000001000. The number of hydrogen-bond acceptors (Lipinski definition) is 0. The number of rotatable bonds is 1. The van der Waals surface area contributed by atoms with Gasteiger partial charge in [-0.25, -0.2) is 0 Å². The topological polar surface area (TPSA) is 3.88 Å². The zero-order chi connectivity index (χ0) is 7.40. The molecular weight excluding hydrogens is 202 g/mol. The first-order chi connectivity index (χ1) is 4.83. The van der Waals surface area contributed by atoms with Gasteiger partial charge in [0, 0.05) is 12.1 Å². The van der Waals surface area contributed by atoms with Crippen LogP contribution in [0.3, 0.4) is 0 Å². The molecule has 0 atom stereocenters. The normalized spacial score (nSPS) is 8.00. The predicted molar refractivity (Wildman–Crippen MR) is 40.2 cm³/mol. The van der Waals surface area contributed by atoms with E-state index in [-0.39, 0.29) is 17.0 Å². The highest BCUT2D eigenvalue weighted by Gasteiger charge is 1.92.